The van der Waals surface area contributed by atoms with Gasteiger partial charge >= 0.3 is 5.97 Å². The first-order chi connectivity index (χ1) is 27.2. The fourth-order valence-electron chi connectivity index (χ4n) is 5.95. The Balaban J connectivity index is 1.14. The SMILES string of the molecule is C#Cc1cc(-c2ccc(C(=O)O[Si](C)(C)C)cc2)ccc1C#Cc1ccc(N2CCOCCOCCN(Cc3ccc(C#N)cc3)CCOCCOCC2)cc1. The second kappa shape index (κ2) is 21.8. The summed E-state index contributed by atoms with van der Waals surface area (Å²) < 4.78 is 29.3. The van der Waals surface area contributed by atoms with E-state index in [1.807, 2.05) is 86.4 Å². The number of ether oxygens (including phenoxy) is 4. The van der Waals surface area contributed by atoms with Crippen molar-refractivity contribution in [3.05, 3.63) is 124 Å². The maximum Gasteiger partial charge on any atom is 0.324 e. The monoisotopic (exact) mass is 769 g/mol. The second-order valence-corrected chi connectivity index (χ2v) is 18.7. The van der Waals surface area contributed by atoms with Gasteiger partial charge in [0.25, 0.3) is 0 Å². The highest BCUT2D eigenvalue weighted by Crippen LogP contribution is 2.24. The van der Waals surface area contributed by atoms with Crippen LogP contribution in [0.15, 0.2) is 91.0 Å². The molecule has 0 saturated carbocycles. The molecule has 290 valence electrons. The molecule has 0 aromatic heterocycles. The van der Waals surface area contributed by atoms with Crippen LogP contribution in [-0.2, 0) is 29.9 Å². The summed E-state index contributed by atoms with van der Waals surface area (Å²) in [4.78, 5) is 17.0. The van der Waals surface area contributed by atoms with E-state index >= 15 is 0 Å². The third kappa shape index (κ3) is 13.8. The van der Waals surface area contributed by atoms with Gasteiger partial charge < -0.3 is 28.3 Å². The van der Waals surface area contributed by atoms with Gasteiger partial charge in [-0.1, -0.05) is 48.1 Å². The number of nitrogens with zero attached hydrogens (tertiary/aromatic N) is 3. The minimum atomic E-state index is -1.98. The molecule has 1 heterocycles. The summed E-state index contributed by atoms with van der Waals surface area (Å²) in [6.45, 7) is 14.0. The maximum absolute atomic E-state index is 12.5. The van der Waals surface area contributed by atoms with Gasteiger partial charge in [-0.3, -0.25) is 4.90 Å². The van der Waals surface area contributed by atoms with Crippen molar-refractivity contribution in [3.63, 3.8) is 0 Å². The Morgan fingerprint density at radius 1 is 0.679 bits per heavy atom. The molecule has 4 aromatic carbocycles. The fraction of sp³-hybridized carbons (Fsp3) is 0.348. The summed E-state index contributed by atoms with van der Waals surface area (Å²) in [5.41, 5.74) is 7.64. The predicted molar refractivity (Wildman–Crippen MR) is 223 cm³/mol. The topological polar surface area (TPSA) is 93.5 Å². The van der Waals surface area contributed by atoms with Crippen molar-refractivity contribution in [1.82, 2.24) is 4.90 Å². The summed E-state index contributed by atoms with van der Waals surface area (Å²) in [6.07, 6.45) is 5.91. The highest BCUT2D eigenvalue weighted by molar-refractivity contribution is 6.71. The Morgan fingerprint density at radius 2 is 1.23 bits per heavy atom. The van der Waals surface area contributed by atoms with Crippen molar-refractivity contribution in [3.8, 4) is 41.4 Å². The van der Waals surface area contributed by atoms with Gasteiger partial charge in [-0.15, -0.1) is 6.42 Å². The molecule has 0 N–H and O–H groups in total. The molecule has 1 saturated heterocycles. The second-order valence-electron chi connectivity index (χ2n) is 14.3. The van der Waals surface area contributed by atoms with Crippen LogP contribution >= 0.6 is 0 Å². The van der Waals surface area contributed by atoms with Gasteiger partial charge in [0.05, 0.1) is 70.1 Å². The highest BCUT2D eigenvalue weighted by atomic mass is 28.4. The number of anilines is 1. The lowest BCUT2D eigenvalue weighted by Gasteiger charge is -2.25. The van der Waals surface area contributed by atoms with Crippen molar-refractivity contribution in [2.45, 2.75) is 26.2 Å². The standard InChI is InChI=1S/C46H51N3O6Si/c1-5-40-34-44(42-14-17-43(18-15-42)46(50)55-56(2,3)4)19-16-41(40)13-10-37-11-20-45(21-12-37)49-24-28-53-32-30-51-26-22-48(23-27-52-31-33-54-29-25-49)36-39-8-6-38(35-47)7-9-39/h1,6-9,11-12,14-21,34H,22-33,36H2,2-4H3. The first-order valence-electron chi connectivity index (χ1n) is 19.0. The lowest BCUT2D eigenvalue weighted by molar-refractivity contribution is 0.0211. The van der Waals surface area contributed by atoms with E-state index in [1.54, 1.807) is 12.1 Å². The van der Waals surface area contributed by atoms with Crippen molar-refractivity contribution < 1.29 is 28.2 Å². The average molecular weight is 770 g/mol. The van der Waals surface area contributed by atoms with E-state index in [9.17, 15) is 4.79 Å². The van der Waals surface area contributed by atoms with Gasteiger partial charge in [-0.25, -0.2) is 4.79 Å². The van der Waals surface area contributed by atoms with Crippen LogP contribution in [0, 0.1) is 35.5 Å². The van der Waals surface area contributed by atoms with Gasteiger partial charge in [0.1, 0.15) is 0 Å². The zero-order chi connectivity index (χ0) is 39.6. The Kier molecular flexibility index (Phi) is 16.3. The number of benzene rings is 4. The summed E-state index contributed by atoms with van der Waals surface area (Å²) in [6, 6.07) is 31.3. The van der Waals surface area contributed by atoms with Crippen molar-refractivity contribution in [1.29, 1.82) is 5.26 Å². The van der Waals surface area contributed by atoms with Crippen LogP contribution < -0.4 is 4.90 Å². The molecule has 0 amide bonds. The van der Waals surface area contributed by atoms with E-state index in [0.29, 0.717) is 82.6 Å². The molecule has 1 aliphatic heterocycles. The van der Waals surface area contributed by atoms with Crippen molar-refractivity contribution >= 4 is 20.0 Å². The average Bonchev–Trinajstić information content (AvgIpc) is 3.20. The van der Waals surface area contributed by atoms with E-state index in [-0.39, 0.29) is 5.97 Å². The number of nitriles is 1. The molecule has 0 spiro atoms. The predicted octanol–water partition coefficient (Wildman–Crippen LogP) is 6.99. The van der Waals surface area contributed by atoms with E-state index < -0.39 is 8.32 Å². The summed E-state index contributed by atoms with van der Waals surface area (Å²) >= 11 is 0. The molecule has 10 heteroatoms. The smallest absolute Gasteiger partial charge is 0.324 e. The quantitative estimate of drug-likeness (QED) is 0.152. The summed E-state index contributed by atoms with van der Waals surface area (Å²) in [7, 11) is -1.98. The fourth-order valence-corrected chi connectivity index (χ4v) is 6.62. The van der Waals surface area contributed by atoms with Crippen molar-refractivity contribution in [2.75, 3.05) is 83.9 Å². The normalized spacial score (nSPS) is 15.6. The highest BCUT2D eigenvalue weighted by Gasteiger charge is 2.21. The molecule has 0 radical (unpaired) electrons. The van der Waals surface area contributed by atoms with Crippen LogP contribution in [0.25, 0.3) is 11.1 Å². The first kappa shape index (κ1) is 41.9. The minimum absolute atomic E-state index is 0.291. The molecule has 56 heavy (non-hydrogen) atoms. The number of carbonyl (C=O) groups is 1. The van der Waals surface area contributed by atoms with Gasteiger partial charge in [0, 0.05) is 55.1 Å². The van der Waals surface area contributed by atoms with Crippen molar-refractivity contribution in [2.24, 2.45) is 0 Å². The summed E-state index contributed by atoms with van der Waals surface area (Å²) in [5, 5.41) is 9.10. The molecule has 1 fully saturated rings. The minimum Gasteiger partial charge on any atom is -0.516 e. The number of rotatable bonds is 6. The number of hydrogen-bond acceptors (Lipinski definition) is 9. The Morgan fingerprint density at radius 3 is 1.79 bits per heavy atom. The van der Waals surface area contributed by atoms with E-state index in [4.69, 9.17) is 35.1 Å². The van der Waals surface area contributed by atoms with Gasteiger partial charge in [0.2, 0.25) is 8.32 Å². The van der Waals surface area contributed by atoms with Crippen LogP contribution in [0.5, 0.6) is 0 Å². The molecule has 4 aromatic rings. The molecule has 5 rings (SSSR count). The molecular formula is C46H51N3O6Si. The lowest BCUT2D eigenvalue weighted by atomic mass is 9.98. The Hall–Kier alpha value is -5.22. The first-order valence-corrected chi connectivity index (χ1v) is 22.5. The molecule has 9 nitrogen and oxygen atoms in total. The van der Waals surface area contributed by atoms with Crippen LogP contribution in [0.4, 0.5) is 5.69 Å². The number of carbonyl (C=O) groups excluding carboxylic acids is 1. The largest absolute Gasteiger partial charge is 0.516 e. The molecule has 0 bridgehead atoms. The lowest BCUT2D eigenvalue weighted by Crippen LogP contribution is -2.33. The number of terminal acetylenes is 1. The maximum atomic E-state index is 12.5. The molecular weight excluding hydrogens is 719 g/mol. The molecule has 0 aliphatic carbocycles. The zero-order valence-corrected chi connectivity index (χ0v) is 33.7. The van der Waals surface area contributed by atoms with Gasteiger partial charge in [-0.05, 0) is 97.0 Å². The van der Waals surface area contributed by atoms with Crippen LogP contribution in [0.2, 0.25) is 19.6 Å². The van der Waals surface area contributed by atoms with Crippen LogP contribution in [0.1, 0.15) is 38.2 Å². The van der Waals surface area contributed by atoms with E-state index in [2.05, 4.69) is 45.8 Å². The third-order valence-electron chi connectivity index (χ3n) is 8.95. The van der Waals surface area contributed by atoms with Crippen LogP contribution in [0.3, 0.4) is 0 Å². The number of hydrogen-bond donors (Lipinski definition) is 0. The third-order valence-corrected chi connectivity index (χ3v) is 9.75. The van der Waals surface area contributed by atoms with Crippen LogP contribution in [-0.4, -0.2) is 98.2 Å². The summed E-state index contributed by atoms with van der Waals surface area (Å²) in [5.74, 6) is 9.02. The zero-order valence-electron chi connectivity index (χ0n) is 32.7. The Labute approximate surface area is 333 Å². The molecule has 0 atom stereocenters. The van der Waals surface area contributed by atoms with Gasteiger partial charge in [-0.2, -0.15) is 5.26 Å². The Bertz CT molecular complexity index is 1980. The molecule has 0 unspecified atom stereocenters. The van der Waals surface area contributed by atoms with Gasteiger partial charge in [0.15, 0.2) is 0 Å². The van der Waals surface area contributed by atoms with E-state index in [1.165, 1.54) is 0 Å². The van der Waals surface area contributed by atoms with E-state index in [0.717, 1.165) is 53.1 Å². The molecule has 1 aliphatic rings.